The molecule has 1 spiro atoms. The van der Waals surface area contributed by atoms with Gasteiger partial charge < -0.3 is 24.5 Å². The van der Waals surface area contributed by atoms with E-state index < -0.39 is 40.7 Å². The minimum atomic E-state index is -1.34. The summed E-state index contributed by atoms with van der Waals surface area (Å²) < 4.78 is 6.94. The molecule has 0 aromatic heterocycles. The fraction of sp³-hybridized carbons (Fsp3) is 0.606. The summed E-state index contributed by atoms with van der Waals surface area (Å²) in [5.41, 5.74) is -2.23. The Morgan fingerprint density at radius 3 is 2.22 bits per heavy atom. The van der Waals surface area contributed by atoms with Crippen LogP contribution in [0, 0.1) is 17.3 Å². The molecule has 8 heteroatoms. The van der Waals surface area contributed by atoms with Gasteiger partial charge in [-0.1, -0.05) is 70.2 Å². The van der Waals surface area contributed by atoms with E-state index in [2.05, 4.69) is 34.6 Å². The van der Waals surface area contributed by atoms with Gasteiger partial charge in [0.2, 0.25) is 17.7 Å². The van der Waals surface area contributed by atoms with Gasteiger partial charge in [0.25, 0.3) is 0 Å². The quantitative estimate of drug-likeness (QED) is 0.530. The minimum Gasteiger partial charge on any atom is -0.394 e. The first-order valence-electron chi connectivity index (χ1n) is 14.9. The molecule has 1 N–H and O–H groups in total. The maximum Gasteiger partial charge on any atom is 0.249 e. The number of amides is 3. The number of anilines is 1. The molecule has 3 amide bonds. The van der Waals surface area contributed by atoms with Crippen LogP contribution in [0.2, 0.25) is 0 Å². The molecule has 0 saturated carbocycles. The first kappa shape index (κ1) is 29.5. The van der Waals surface area contributed by atoms with Gasteiger partial charge in [-0.15, -0.1) is 0 Å². The molecule has 1 unspecified atom stereocenters. The van der Waals surface area contributed by atoms with E-state index >= 15 is 0 Å². The normalized spacial score (nSPS) is 32.5. The summed E-state index contributed by atoms with van der Waals surface area (Å²) in [5, 5.41) is 10.4. The fourth-order valence-corrected chi connectivity index (χ4v) is 8.05. The minimum absolute atomic E-state index is 0.0368. The fourth-order valence-electron chi connectivity index (χ4n) is 8.05. The van der Waals surface area contributed by atoms with Crippen LogP contribution >= 0.6 is 0 Å². The highest BCUT2D eigenvalue weighted by Crippen LogP contribution is 2.58. The van der Waals surface area contributed by atoms with Crippen LogP contribution in [0.4, 0.5) is 5.69 Å². The van der Waals surface area contributed by atoms with Crippen LogP contribution in [-0.4, -0.2) is 81.1 Å². The van der Waals surface area contributed by atoms with Crippen LogP contribution in [0.15, 0.2) is 54.6 Å². The Hall–Kier alpha value is -2.97. The van der Waals surface area contributed by atoms with Crippen molar-refractivity contribution in [2.45, 2.75) is 90.1 Å². The van der Waals surface area contributed by atoms with Crippen LogP contribution in [0.5, 0.6) is 0 Å². The number of benzene rings is 1. The summed E-state index contributed by atoms with van der Waals surface area (Å²) >= 11 is 0. The summed E-state index contributed by atoms with van der Waals surface area (Å²) in [4.78, 5) is 48.9. The van der Waals surface area contributed by atoms with Gasteiger partial charge in [0.15, 0.2) is 0 Å². The lowest BCUT2D eigenvalue weighted by atomic mass is 9.74. The van der Waals surface area contributed by atoms with E-state index in [0.717, 1.165) is 12.1 Å². The third kappa shape index (κ3) is 4.63. The van der Waals surface area contributed by atoms with Crippen molar-refractivity contribution < 1.29 is 24.2 Å². The van der Waals surface area contributed by atoms with Crippen molar-refractivity contribution in [2.75, 3.05) is 24.6 Å². The number of likely N-dealkylation sites (tertiary alicyclic amines) is 1. The van der Waals surface area contributed by atoms with Gasteiger partial charge in [-0.2, -0.15) is 0 Å². The Morgan fingerprint density at radius 1 is 0.951 bits per heavy atom. The van der Waals surface area contributed by atoms with Crippen molar-refractivity contribution >= 4 is 23.4 Å². The predicted molar refractivity (Wildman–Crippen MR) is 158 cm³/mol. The van der Waals surface area contributed by atoms with Gasteiger partial charge in [-0.05, 0) is 51.2 Å². The van der Waals surface area contributed by atoms with Gasteiger partial charge in [0.05, 0.1) is 30.1 Å². The average Bonchev–Trinajstić information content (AvgIpc) is 3.15. The molecule has 41 heavy (non-hydrogen) atoms. The number of para-hydroxylation sites is 1. The first-order valence-corrected chi connectivity index (χ1v) is 14.9. The molecule has 2 saturated heterocycles. The Morgan fingerprint density at radius 2 is 1.61 bits per heavy atom. The van der Waals surface area contributed by atoms with Crippen molar-refractivity contribution in [3.63, 3.8) is 0 Å². The molecule has 222 valence electrons. The molecule has 4 aliphatic heterocycles. The number of hydrogen-bond acceptors (Lipinski definition) is 5. The topological polar surface area (TPSA) is 90.4 Å². The molecular weight excluding hydrogens is 518 g/mol. The Labute approximate surface area is 244 Å². The van der Waals surface area contributed by atoms with Crippen LogP contribution < -0.4 is 4.90 Å². The smallest absolute Gasteiger partial charge is 0.249 e. The SMILES string of the molecule is CC[C@@H](CO)N1C(=O)[C@@H]2[C@H]3C(=O)N(c4ccccc4)CC=C[C@@]3(C)O[C@@]23C=CCN(C(C)(C)CC(C)(C)C)C(=O)C13. The standard InChI is InChI=1S/C33H45N3O5/c1-8-22(20-37)36-26-29(40)35(31(5,6)21-30(2,3)4)19-13-17-33(26)25(28(36)39)24-27(38)34(23-14-10-9-11-15-23)18-12-16-32(24,7)41-33/h9-17,22,24-26,37H,8,18-21H2,1-7H3/t22-,24-,25-,26?,32+,33-/m0/s1. The summed E-state index contributed by atoms with van der Waals surface area (Å²) in [5.74, 6) is -2.47. The Kier molecular flexibility index (Phi) is 7.26. The van der Waals surface area contributed by atoms with Crippen molar-refractivity contribution in [3.05, 3.63) is 54.6 Å². The van der Waals surface area contributed by atoms with Crippen LogP contribution in [0.25, 0.3) is 0 Å². The highest BCUT2D eigenvalue weighted by atomic mass is 16.5. The van der Waals surface area contributed by atoms with E-state index in [1.165, 1.54) is 0 Å². The van der Waals surface area contributed by atoms with Gasteiger partial charge in [0.1, 0.15) is 11.6 Å². The van der Waals surface area contributed by atoms with Crippen molar-refractivity contribution in [3.8, 4) is 0 Å². The third-order valence-electron chi connectivity index (χ3n) is 9.33. The monoisotopic (exact) mass is 563 g/mol. The van der Waals surface area contributed by atoms with E-state index in [1.807, 2.05) is 73.4 Å². The molecule has 0 radical (unpaired) electrons. The summed E-state index contributed by atoms with van der Waals surface area (Å²) in [7, 11) is 0. The highest BCUT2D eigenvalue weighted by molar-refractivity contribution is 6.04. The van der Waals surface area contributed by atoms with E-state index in [1.54, 1.807) is 9.80 Å². The first-order chi connectivity index (χ1) is 19.2. The van der Waals surface area contributed by atoms with Crippen molar-refractivity contribution in [1.29, 1.82) is 0 Å². The third-order valence-corrected chi connectivity index (χ3v) is 9.33. The maximum absolute atomic E-state index is 14.8. The number of nitrogens with zero attached hydrogens (tertiary/aromatic N) is 3. The van der Waals surface area contributed by atoms with Crippen LogP contribution in [-0.2, 0) is 19.1 Å². The lowest BCUT2D eigenvalue weighted by Gasteiger charge is -2.45. The predicted octanol–water partition coefficient (Wildman–Crippen LogP) is 3.94. The van der Waals surface area contributed by atoms with E-state index in [9.17, 15) is 19.5 Å². The highest BCUT2D eigenvalue weighted by Gasteiger charge is 2.75. The van der Waals surface area contributed by atoms with E-state index in [0.29, 0.717) is 19.5 Å². The second kappa shape index (κ2) is 10.1. The number of ether oxygens (including phenoxy) is 1. The average molecular weight is 564 g/mol. The molecule has 6 atom stereocenters. The number of rotatable bonds is 6. The Bertz CT molecular complexity index is 1260. The van der Waals surface area contributed by atoms with Gasteiger partial charge in [0, 0.05) is 24.3 Å². The molecule has 4 aliphatic rings. The van der Waals surface area contributed by atoms with Gasteiger partial charge in [-0.25, -0.2) is 0 Å². The molecule has 1 aromatic rings. The molecule has 2 fully saturated rings. The number of carbonyl (C=O) groups is 3. The lowest BCUT2D eigenvalue weighted by molar-refractivity contribution is -0.158. The molecule has 1 aromatic carbocycles. The molecule has 0 aliphatic carbocycles. The van der Waals surface area contributed by atoms with Gasteiger partial charge in [-0.3, -0.25) is 14.4 Å². The number of aliphatic hydroxyl groups is 1. The number of fused-ring (bicyclic) bond motifs is 2. The number of aliphatic hydroxyl groups excluding tert-OH is 1. The molecule has 5 rings (SSSR count). The largest absolute Gasteiger partial charge is 0.394 e. The molecule has 8 nitrogen and oxygen atoms in total. The summed E-state index contributed by atoms with van der Waals surface area (Å²) in [6.07, 6.45) is 8.85. The molecule has 0 bridgehead atoms. The second-order valence-electron chi connectivity index (χ2n) is 14.1. The zero-order chi connectivity index (χ0) is 30.0. The molecular formula is C33H45N3O5. The molecule has 4 heterocycles. The summed E-state index contributed by atoms with van der Waals surface area (Å²) in [6, 6.07) is 7.87. The van der Waals surface area contributed by atoms with Gasteiger partial charge >= 0.3 is 0 Å². The Balaban J connectivity index is 1.65. The second-order valence-corrected chi connectivity index (χ2v) is 14.1. The number of hydrogen-bond donors (Lipinski definition) is 1. The van der Waals surface area contributed by atoms with E-state index in [-0.39, 0.29) is 29.7 Å². The zero-order valence-corrected chi connectivity index (χ0v) is 25.5. The van der Waals surface area contributed by atoms with Crippen LogP contribution in [0.1, 0.15) is 61.3 Å². The van der Waals surface area contributed by atoms with Crippen LogP contribution in [0.3, 0.4) is 0 Å². The van der Waals surface area contributed by atoms with E-state index in [4.69, 9.17) is 4.74 Å². The zero-order valence-electron chi connectivity index (χ0n) is 25.5. The van der Waals surface area contributed by atoms with Crippen molar-refractivity contribution in [2.24, 2.45) is 17.3 Å². The lowest BCUT2D eigenvalue weighted by Crippen LogP contribution is -2.62. The van der Waals surface area contributed by atoms with Crippen molar-refractivity contribution in [1.82, 2.24) is 9.80 Å². The number of carbonyl (C=O) groups excluding carboxylic acids is 3. The maximum atomic E-state index is 14.8. The summed E-state index contributed by atoms with van der Waals surface area (Å²) in [6.45, 7) is 14.8.